The Kier molecular flexibility index (Phi) is 8.83. The molecule has 0 saturated heterocycles. The Labute approximate surface area is 199 Å². The molecule has 0 aliphatic heterocycles. The molecule has 0 bridgehead atoms. The van der Waals surface area contributed by atoms with Gasteiger partial charge in [0.2, 0.25) is 10.0 Å². The Bertz CT molecular complexity index is 1190. The SMILES string of the molecule is COc1ccc(CCNS(=O)(=O)c2ccc(OCC(=O)NCc3ccncc3)cc2)cc1OC. The summed E-state index contributed by atoms with van der Waals surface area (Å²) in [5, 5.41) is 2.74. The lowest BCUT2D eigenvalue weighted by Gasteiger charge is -2.11. The molecule has 1 amide bonds. The molecule has 0 radical (unpaired) electrons. The molecule has 2 aromatic carbocycles. The van der Waals surface area contributed by atoms with Crippen molar-refractivity contribution in [3.05, 3.63) is 78.1 Å². The maximum Gasteiger partial charge on any atom is 0.258 e. The molecule has 0 spiro atoms. The van der Waals surface area contributed by atoms with E-state index in [-0.39, 0.29) is 24.0 Å². The van der Waals surface area contributed by atoms with E-state index in [4.69, 9.17) is 14.2 Å². The Morgan fingerprint density at radius 3 is 2.29 bits per heavy atom. The molecular weight excluding hydrogens is 458 g/mol. The fraction of sp³-hybridized carbons (Fsp3) is 0.250. The van der Waals surface area contributed by atoms with Crippen LogP contribution in [0.3, 0.4) is 0 Å². The number of sulfonamides is 1. The number of ether oxygens (including phenoxy) is 3. The van der Waals surface area contributed by atoms with Gasteiger partial charge < -0.3 is 19.5 Å². The van der Waals surface area contributed by atoms with Crippen LogP contribution in [-0.4, -0.2) is 46.7 Å². The number of pyridine rings is 1. The Hall–Kier alpha value is -3.63. The lowest BCUT2D eigenvalue weighted by molar-refractivity contribution is -0.123. The monoisotopic (exact) mass is 485 g/mol. The highest BCUT2D eigenvalue weighted by Gasteiger charge is 2.14. The summed E-state index contributed by atoms with van der Waals surface area (Å²) in [6.07, 6.45) is 3.78. The van der Waals surface area contributed by atoms with Crippen molar-refractivity contribution in [3.63, 3.8) is 0 Å². The number of hydrogen-bond acceptors (Lipinski definition) is 7. The quantitative estimate of drug-likeness (QED) is 0.404. The predicted octanol–water partition coefficient (Wildman–Crippen LogP) is 2.31. The van der Waals surface area contributed by atoms with Crippen LogP contribution in [0.25, 0.3) is 0 Å². The van der Waals surface area contributed by atoms with E-state index in [1.807, 2.05) is 24.3 Å². The summed E-state index contributed by atoms with van der Waals surface area (Å²) in [5.74, 6) is 1.30. The molecular formula is C24H27N3O6S. The van der Waals surface area contributed by atoms with Crippen molar-refractivity contribution in [2.75, 3.05) is 27.4 Å². The summed E-state index contributed by atoms with van der Waals surface area (Å²) < 4.78 is 43.7. The second-order valence-electron chi connectivity index (χ2n) is 7.23. The van der Waals surface area contributed by atoms with Gasteiger partial charge in [-0.25, -0.2) is 13.1 Å². The fourth-order valence-electron chi connectivity index (χ4n) is 3.07. The zero-order valence-corrected chi connectivity index (χ0v) is 19.8. The number of carbonyl (C=O) groups excluding carboxylic acids is 1. The van der Waals surface area contributed by atoms with Gasteiger partial charge in [-0.1, -0.05) is 6.07 Å². The van der Waals surface area contributed by atoms with Gasteiger partial charge in [-0.3, -0.25) is 9.78 Å². The number of rotatable bonds is 12. The highest BCUT2D eigenvalue weighted by molar-refractivity contribution is 7.89. The third-order valence-electron chi connectivity index (χ3n) is 4.90. The van der Waals surface area contributed by atoms with Crippen molar-refractivity contribution in [1.29, 1.82) is 0 Å². The molecule has 2 N–H and O–H groups in total. The van der Waals surface area contributed by atoms with Gasteiger partial charge in [0.25, 0.3) is 5.91 Å². The number of amides is 1. The number of benzene rings is 2. The molecule has 0 aliphatic rings. The minimum Gasteiger partial charge on any atom is -0.493 e. The summed E-state index contributed by atoms with van der Waals surface area (Å²) in [4.78, 5) is 16.0. The maximum absolute atomic E-state index is 12.6. The fourth-order valence-corrected chi connectivity index (χ4v) is 4.10. The number of carbonyl (C=O) groups is 1. The average molecular weight is 486 g/mol. The number of hydrogen-bond donors (Lipinski definition) is 2. The number of aromatic nitrogens is 1. The van der Waals surface area contributed by atoms with Crippen LogP contribution in [0.15, 0.2) is 71.9 Å². The van der Waals surface area contributed by atoms with E-state index in [1.54, 1.807) is 32.7 Å². The largest absolute Gasteiger partial charge is 0.493 e. The van der Waals surface area contributed by atoms with Gasteiger partial charge in [-0.05, 0) is 66.1 Å². The second-order valence-corrected chi connectivity index (χ2v) is 9.00. The third kappa shape index (κ3) is 7.19. The van der Waals surface area contributed by atoms with Crippen LogP contribution in [0.1, 0.15) is 11.1 Å². The van der Waals surface area contributed by atoms with E-state index in [1.165, 1.54) is 24.3 Å². The molecule has 180 valence electrons. The first-order valence-electron chi connectivity index (χ1n) is 10.5. The average Bonchev–Trinajstić information content (AvgIpc) is 2.87. The van der Waals surface area contributed by atoms with E-state index in [0.29, 0.717) is 30.2 Å². The van der Waals surface area contributed by atoms with Crippen LogP contribution < -0.4 is 24.2 Å². The summed E-state index contributed by atoms with van der Waals surface area (Å²) in [6, 6.07) is 15.0. The zero-order chi connectivity index (χ0) is 24.4. The topological polar surface area (TPSA) is 116 Å². The minimum atomic E-state index is -3.69. The highest BCUT2D eigenvalue weighted by atomic mass is 32.2. The molecule has 1 heterocycles. The molecule has 0 atom stereocenters. The van der Waals surface area contributed by atoms with Crippen LogP contribution in [0.2, 0.25) is 0 Å². The van der Waals surface area contributed by atoms with E-state index in [2.05, 4.69) is 15.0 Å². The van der Waals surface area contributed by atoms with E-state index >= 15 is 0 Å². The molecule has 0 fully saturated rings. The van der Waals surface area contributed by atoms with Gasteiger partial charge in [-0.15, -0.1) is 0 Å². The van der Waals surface area contributed by atoms with Crippen molar-refractivity contribution in [2.45, 2.75) is 17.9 Å². The van der Waals surface area contributed by atoms with Gasteiger partial charge in [-0.2, -0.15) is 0 Å². The standard InChI is InChI=1S/C24H27N3O6S/c1-31-22-8-3-18(15-23(22)32-2)11-14-27-34(29,30)21-6-4-20(5-7-21)33-17-24(28)26-16-19-9-12-25-13-10-19/h3-10,12-13,15,27H,11,14,16-17H2,1-2H3,(H,26,28). The normalized spacial score (nSPS) is 11.0. The summed E-state index contributed by atoms with van der Waals surface area (Å²) in [5.41, 5.74) is 1.84. The molecule has 10 heteroatoms. The Morgan fingerprint density at radius 1 is 0.912 bits per heavy atom. The minimum absolute atomic E-state index is 0.106. The smallest absolute Gasteiger partial charge is 0.258 e. The van der Waals surface area contributed by atoms with E-state index < -0.39 is 10.0 Å². The zero-order valence-electron chi connectivity index (χ0n) is 19.0. The maximum atomic E-state index is 12.6. The van der Waals surface area contributed by atoms with Gasteiger partial charge >= 0.3 is 0 Å². The second kappa shape index (κ2) is 12.0. The summed E-state index contributed by atoms with van der Waals surface area (Å²) in [7, 11) is -0.587. The molecule has 3 aromatic rings. The lowest BCUT2D eigenvalue weighted by Crippen LogP contribution is -2.28. The molecule has 0 aliphatic carbocycles. The molecule has 9 nitrogen and oxygen atoms in total. The van der Waals surface area contributed by atoms with Crippen LogP contribution in [0, 0.1) is 0 Å². The summed E-state index contributed by atoms with van der Waals surface area (Å²) >= 11 is 0. The third-order valence-corrected chi connectivity index (χ3v) is 6.37. The molecule has 34 heavy (non-hydrogen) atoms. The summed E-state index contributed by atoms with van der Waals surface area (Å²) in [6.45, 7) is 0.408. The van der Waals surface area contributed by atoms with Crippen LogP contribution in [0.4, 0.5) is 0 Å². The number of methoxy groups -OCH3 is 2. The van der Waals surface area contributed by atoms with Gasteiger partial charge in [0.05, 0.1) is 19.1 Å². The van der Waals surface area contributed by atoms with Crippen molar-refractivity contribution >= 4 is 15.9 Å². The van der Waals surface area contributed by atoms with E-state index in [0.717, 1.165) is 11.1 Å². The molecule has 0 saturated carbocycles. The first-order chi connectivity index (χ1) is 16.4. The van der Waals surface area contributed by atoms with E-state index in [9.17, 15) is 13.2 Å². The predicted molar refractivity (Wildman–Crippen MR) is 126 cm³/mol. The van der Waals surface area contributed by atoms with Crippen molar-refractivity contribution in [1.82, 2.24) is 15.0 Å². The van der Waals surface area contributed by atoms with Crippen LogP contribution in [-0.2, 0) is 27.8 Å². The first kappa shape index (κ1) is 25.0. The van der Waals surface area contributed by atoms with Gasteiger partial charge in [0.15, 0.2) is 18.1 Å². The van der Waals surface area contributed by atoms with Crippen molar-refractivity contribution < 1.29 is 27.4 Å². The molecule has 0 unspecified atom stereocenters. The molecule has 1 aromatic heterocycles. The highest BCUT2D eigenvalue weighted by Crippen LogP contribution is 2.27. The number of nitrogens with zero attached hydrogens (tertiary/aromatic N) is 1. The number of nitrogens with one attached hydrogen (secondary N) is 2. The lowest BCUT2D eigenvalue weighted by atomic mass is 10.1. The van der Waals surface area contributed by atoms with Gasteiger partial charge in [0, 0.05) is 25.5 Å². The first-order valence-corrected chi connectivity index (χ1v) is 12.0. The van der Waals surface area contributed by atoms with Crippen LogP contribution >= 0.6 is 0 Å². The van der Waals surface area contributed by atoms with Crippen molar-refractivity contribution in [3.8, 4) is 17.2 Å². The molecule has 3 rings (SSSR count). The van der Waals surface area contributed by atoms with Crippen LogP contribution in [0.5, 0.6) is 17.2 Å². The Morgan fingerprint density at radius 2 is 1.62 bits per heavy atom. The van der Waals surface area contributed by atoms with Crippen molar-refractivity contribution in [2.24, 2.45) is 0 Å². The Balaban J connectivity index is 1.46. The van der Waals surface area contributed by atoms with Gasteiger partial charge in [0.1, 0.15) is 5.75 Å².